The first-order valence-corrected chi connectivity index (χ1v) is 7.16. The van der Waals surface area contributed by atoms with Gasteiger partial charge in [-0.1, -0.05) is 5.92 Å². The molecular weight excluding hydrogens is 240 g/mol. The van der Waals surface area contributed by atoms with Crippen molar-refractivity contribution < 1.29 is 13.2 Å². The lowest BCUT2D eigenvalue weighted by atomic mass is 10.4. The number of amides is 1. The van der Waals surface area contributed by atoms with E-state index in [1.165, 1.54) is 0 Å². The molecule has 0 heterocycles. The molecule has 98 valence electrons. The number of nitrogens with one attached hydrogen (secondary N) is 2. The maximum Gasteiger partial charge on any atom is 0.235 e. The van der Waals surface area contributed by atoms with Crippen molar-refractivity contribution in [2.24, 2.45) is 0 Å². The summed E-state index contributed by atoms with van der Waals surface area (Å²) in [4.78, 5) is 11.4. The topological polar surface area (TPSA) is 75.3 Å². The molecule has 0 saturated carbocycles. The Balaban J connectivity index is 4.28. The Morgan fingerprint density at radius 1 is 1.35 bits per heavy atom. The second-order valence-corrected chi connectivity index (χ2v) is 6.59. The molecule has 1 unspecified atom stereocenters. The van der Waals surface area contributed by atoms with Crippen LogP contribution >= 0.6 is 0 Å². The number of carbonyl (C=O) groups is 1. The summed E-state index contributed by atoms with van der Waals surface area (Å²) < 4.78 is 23.5. The highest BCUT2D eigenvalue weighted by molar-refractivity contribution is 7.92. The molecule has 0 aromatic rings. The summed E-state index contributed by atoms with van der Waals surface area (Å²) in [7, 11) is -3.43. The fourth-order valence-electron chi connectivity index (χ4n) is 1.16. The largest absolute Gasteiger partial charge is 0.353 e. The second-order valence-electron chi connectivity index (χ2n) is 4.18. The quantitative estimate of drug-likeness (QED) is 0.480. The van der Waals surface area contributed by atoms with Gasteiger partial charge in [0.1, 0.15) is 5.75 Å². The lowest BCUT2D eigenvalue weighted by Gasteiger charge is -2.14. The number of hydrogen-bond acceptors (Lipinski definition) is 4. The van der Waals surface area contributed by atoms with Gasteiger partial charge in [0.15, 0.2) is 9.84 Å². The predicted octanol–water partition coefficient (Wildman–Crippen LogP) is -0.463. The Morgan fingerprint density at radius 2 is 1.94 bits per heavy atom. The zero-order valence-electron chi connectivity index (χ0n) is 10.5. The summed E-state index contributed by atoms with van der Waals surface area (Å²) in [6.07, 6.45) is 5.03. The molecule has 0 rings (SSSR count). The van der Waals surface area contributed by atoms with Gasteiger partial charge in [0, 0.05) is 12.6 Å². The van der Waals surface area contributed by atoms with Crippen molar-refractivity contribution in [1.82, 2.24) is 10.6 Å². The van der Waals surface area contributed by atoms with E-state index in [-0.39, 0.29) is 12.6 Å². The van der Waals surface area contributed by atoms with Gasteiger partial charge >= 0.3 is 0 Å². The van der Waals surface area contributed by atoms with E-state index >= 15 is 0 Å². The number of terminal acetylenes is 1. The highest BCUT2D eigenvalue weighted by atomic mass is 32.2. The molecule has 0 aliphatic heterocycles. The summed E-state index contributed by atoms with van der Waals surface area (Å²) >= 11 is 0. The zero-order valence-corrected chi connectivity index (χ0v) is 11.3. The molecule has 1 amide bonds. The van der Waals surface area contributed by atoms with Gasteiger partial charge in [-0.2, -0.15) is 0 Å². The Bertz CT molecular complexity index is 382. The molecule has 0 radical (unpaired) electrons. The average Bonchev–Trinajstić information content (AvgIpc) is 2.15. The third-order valence-corrected chi connectivity index (χ3v) is 4.11. The molecule has 1 atom stereocenters. The van der Waals surface area contributed by atoms with Crippen LogP contribution in [0.4, 0.5) is 0 Å². The third kappa shape index (κ3) is 6.97. The molecule has 0 aliphatic carbocycles. The normalized spacial score (nSPS) is 13.1. The van der Waals surface area contributed by atoms with Crippen LogP contribution < -0.4 is 10.6 Å². The molecule has 0 saturated heterocycles. The predicted molar refractivity (Wildman–Crippen MR) is 68.2 cm³/mol. The van der Waals surface area contributed by atoms with Crippen LogP contribution in [-0.2, 0) is 14.6 Å². The maximum absolute atomic E-state index is 11.8. The molecular formula is C11H20N2O3S. The minimum Gasteiger partial charge on any atom is -0.353 e. The van der Waals surface area contributed by atoms with Crippen molar-refractivity contribution in [1.29, 1.82) is 0 Å². The summed E-state index contributed by atoms with van der Waals surface area (Å²) in [5.41, 5.74) is 0. The summed E-state index contributed by atoms with van der Waals surface area (Å²) in [5.74, 6) is 1.41. The van der Waals surface area contributed by atoms with Crippen LogP contribution in [0.2, 0.25) is 0 Å². The van der Waals surface area contributed by atoms with Crippen molar-refractivity contribution in [2.75, 3.05) is 18.8 Å². The van der Waals surface area contributed by atoms with Crippen molar-refractivity contribution in [3.05, 3.63) is 0 Å². The van der Waals surface area contributed by atoms with E-state index in [2.05, 4.69) is 16.6 Å². The monoisotopic (exact) mass is 260 g/mol. The second kappa shape index (κ2) is 7.30. The first kappa shape index (κ1) is 15.9. The Kier molecular flexibility index (Phi) is 6.85. The van der Waals surface area contributed by atoms with Gasteiger partial charge in [-0.05, 0) is 20.8 Å². The van der Waals surface area contributed by atoms with Crippen molar-refractivity contribution in [3.63, 3.8) is 0 Å². The van der Waals surface area contributed by atoms with E-state index in [0.717, 1.165) is 0 Å². The van der Waals surface area contributed by atoms with Gasteiger partial charge in [-0.25, -0.2) is 8.42 Å². The number of rotatable bonds is 7. The highest BCUT2D eigenvalue weighted by Gasteiger charge is 2.24. The third-order valence-electron chi connectivity index (χ3n) is 2.05. The number of sulfone groups is 1. The van der Waals surface area contributed by atoms with Crippen LogP contribution in [0.25, 0.3) is 0 Å². The molecule has 0 aromatic carbocycles. The van der Waals surface area contributed by atoms with E-state index in [1.54, 1.807) is 20.8 Å². The van der Waals surface area contributed by atoms with Crippen LogP contribution in [0.1, 0.15) is 20.8 Å². The summed E-state index contributed by atoms with van der Waals surface area (Å²) in [6.45, 7) is 5.69. The van der Waals surface area contributed by atoms with Gasteiger partial charge < -0.3 is 10.6 Å². The Hall–Kier alpha value is -1.06. The molecule has 0 fully saturated rings. The van der Waals surface area contributed by atoms with Gasteiger partial charge in [0.05, 0.1) is 11.8 Å². The van der Waals surface area contributed by atoms with Gasteiger partial charge in [0.2, 0.25) is 5.91 Å². The van der Waals surface area contributed by atoms with Crippen LogP contribution in [-0.4, -0.2) is 44.5 Å². The highest BCUT2D eigenvalue weighted by Crippen LogP contribution is 2.01. The van der Waals surface area contributed by atoms with Crippen molar-refractivity contribution in [3.8, 4) is 12.3 Å². The zero-order chi connectivity index (χ0) is 13.5. The first-order valence-electron chi connectivity index (χ1n) is 5.44. The van der Waals surface area contributed by atoms with E-state index in [1.807, 2.05) is 0 Å². The van der Waals surface area contributed by atoms with Crippen LogP contribution in [0.3, 0.4) is 0 Å². The maximum atomic E-state index is 11.8. The van der Waals surface area contributed by atoms with E-state index in [0.29, 0.717) is 6.54 Å². The molecule has 0 aromatic heterocycles. The van der Waals surface area contributed by atoms with Gasteiger partial charge in [-0.15, -0.1) is 6.42 Å². The number of carbonyl (C=O) groups excluding carboxylic acids is 1. The van der Waals surface area contributed by atoms with Crippen LogP contribution in [0.15, 0.2) is 0 Å². The lowest BCUT2D eigenvalue weighted by Crippen LogP contribution is -2.40. The van der Waals surface area contributed by atoms with Gasteiger partial charge in [-0.3, -0.25) is 4.79 Å². The van der Waals surface area contributed by atoms with Crippen LogP contribution in [0.5, 0.6) is 0 Å². The summed E-state index contributed by atoms with van der Waals surface area (Å²) in [6, 6.07) is -0.0624. The van der Waals surface area contributed by atoms with E-state index in [4.69, 9.17) is 6.42 Å². The first-order chi connectivity index (χ1) is 7.79. The van der Waals surface area contributed by atoms with Crippen molar-refractivity contribution >= 4 is 15.7 Å². The van der Waals surface area contributed by atoms with E-state index < -0.39 is 26.7 Å². The van der Waals surface area contributed by atoms with E-state index in [9.17, 15) is 13.2 Å². The van der Waals surface area contributed by atoms with Crippen molar-refractivity contribution in [2.45, 2.75) is 32.1 Å². The molecule has 0 spiro atoms. The fourth-order valence-corrected chi connectivity index (χ4v) is 2.27. The molecule has 17 heavy (non-hydrogen) atoms. The smallest absolute Gasteiger partial charge is 0.235 e. The standard InChI is InChI=1S/C11H20N2O3S/c1-5-6-12-7-10(4)17(15,16)8-11(14)13-9(2)3/h1,9-10,12H,6-8H2,2-4H3,(H,13,14). The molecule has 2 N–H and O–H groups in total. The molecule has 6 heteroatoms. The van der Waals surface area contributed by atoms with Crippen LogP contribution in [0, 0.1) is 12.3 Å². The molecule has 0 aliphatic rings. The Morgan fingerprint density at radius 3 is 2.41 bits per heavy atom. The van der Waals surface area contributed by atoms with Gasteiger partial charge in [0.25, 0.3) is 0 Å². The molecule has 0 bridgehead atoms. The lowest BCUT2D eigenvalue weighted by molar-refractivity contribution is -0.119. The SMILES string of the molecule is C#CCNCC(C)S(=O)(=O)CC(=O)NC(C)C. The average molecular weight is 260 g/mol. The molecule has 5 nitrogen and oxygen atoms in total. The fraction of sp³-hybridized carbons (Fsp3) is 0.727. The number of hydrogen-bond donors (Lipinski definition) is 2. The summed E-state index contributed by atoms with van der Waals surface area (Å²) in [5, 5.41) is 4.73. The Labute approximate surface area is 103 Å². The minimum atomic E-state index is -3.43. The minimum absolute atomic E-state index is 0.0624.